The molecule has 0 spiro atoms. The SMILES string of the molecule is CC(C)(C)[C@H](N)c1ccc2cc(O)ccc2c1.Cl. The molecule has 0 fully saturated rings. The Bertz CT molecular complexity index is 546. The lowest BCUT2D eigenvalue weighted by Gasteiger charge is -2.27. The van der Waals surface area contributed by atoms with Crippen molar-refractivity contribution in [3.8, 4) is 5.75 Å². The van der Waals surface area contributed by atoms with Crippen molar-refractivity contribution in [2.45, 2.75) is 26.8 Å². The minimum Gasteiger partial charge on any atom is -0.508 e. The van der Waals surface area contributed by atoms with Crippen LogP contribution in [0.5, 0.6) is 5.75 Å². The molecule has 2 nitrogen and oxygen atoms in total. The molecule has 1 atom stereocenters. The number of benzene rings is 2. The number of hydrogen-bond acceptors (Lipinski definition) is 2. The van der Waals surface area contributed by atoms with Crippen molar-refractivity contribution >= 4 is 23.2 Å². The van der Waals surface area contributed by atoms with Gasteiger partial charge in [-0.3, -0.25) is 0 Å². The fraction of sp³-hybridized carbons (Fsp3) is 0.333. The van der Waals surface area contributed by atoms with E-state index in [1.54, 1.807) is 12.1 Å². The van der Waals surface area contributed by atoms with Gasteiger partial charge >= 0.3 is 0 Å². The van der Waals surface area contributed by atoms with Crippen molar-refractivity contribution in [1.82, 2.24) is 0 Å². The highest BCUT2D eigenvalue weighted by molar-refractivity contribution is 5.85. The predicted octanol–water partition coefficient (Wildman–Crippen LogP) is 4.01. The molecule has 0 aliphatic carbocycles. The second-order valence-corrected chi connectivity index (χ2v) is 5.63. The molecule has 3 heteroatoms. The maximum Gasteiger partial charge on any atom is 0.116 e. The lowest BCUT2D eigenvalue weighted by molar-refractivity contribution is 0.327. The van der Waals surface area contributed by atoms with Crippen LogP contribution >= 0.6 is 12.4 Å². The van der Waals surface area contributed by atoms with Gasteiger partial charge in [0.15, 0.2) is 0 Å². The average molecular weight is 266 g/mol. The molecule has 0 aliphatic rings. The summed E-state index contributed by atoms with van der Waals surface area (Å²) in [5.41, 5.74) is 7.42. The molecule has 0 saturated carbocycles. The fourth-order valence-electron chi connectivity index (χ4n) is 1.95. The minimum atomic E-state index is 0. The van der Waals surface area contributed by atoms with E-state index in [-0.39, 0.29) is 23.9 Å². The minimum absolute atomic E-state index is 0. The summed E-state index contributed by atoms with van der Waals surface area (Å²) in [5.74, 6) is 0.297. The molecule has 18 heavy (non-hydrogen) atoms. The smallest absolute Gasteiger partial charge is 0.116 e. The molecule has 0 aromatic heterocycles. The maximum absolute atomic E-state index is 9.41. The zero-order valence-corrected chi connectivity index (χ0v) is 11.8. The third-order valence-corrected chi connectivity index (χ3v) is 3.14. The molecule has 2 aromatic carbocycles. The van der Waals surface area contributed by atoms with Gasteiger partial charge in [0.05, 0.1) is 0 Å². The summed E-state index contributed by atoms with van der Waals surface area (Å²) in [5, 5.41) is 11.6. The molecular weight excluding hydrogens is 246 g/mol. The lowest BCUT2D eigenvalue weighted by Crippen LogP contribution is -2.26. The first-order valence-corrected chi connectivity index (χ1v) is 5.86. The summed E-state index contributed by atoms with van der Waals surface area (Å²) in [7, 11) is 0. The van der Waals surface area contributed by atoms with Gasteiger partial charge in [-0.05, 0) is 39.9 Å². The Hall–Kier alpha value is -1.25. The van der Waals surface area contributed by atoms with Crippen LogP contribution < -0.4 is 5.73 Å². The topological polar surface area (TPSA) is 46.2 Å². The number of halogens is 1. The van der Waals surface area contributed by atoms with E-state index >= 15 is 0 Å². The Morgan fingerprint density at radius 1 is 1.00 bits per heavy atom. The first-order chi connectivity index (χ1) is 7.88. The van der Waals surface area contributed by atoms with Crippen LogP contribution in [0, 0.1) is 5.41 Å². The van der Waals surface area contributed by atoms with Gasteiger partial charge in [0.25, 0.3) is 0 Å². The molecule has 3 N–H and O–H groups in total. The highest BCUT2D eigenvalue weighted by atomic mass is 35.5. The Balaban J connectivity index is 0.00000162. The maximum atomic E-state index is 9.41. The summed E-state index contributed by atoms with van der Waals surface area (Å²) in [6, 6.07) is 11.6. The first-order valence-electron chi connectivity index (χ1n) is 5.86. The van der Waals surface area contributed by atoms with Gasteiger partial charge in [0.2, 0.25) is 0 Å². The largest absolute Gasteiger partial charge is 0.508 e. The summed E-state index contributed by atoms with van der Waals surface area (Å²) in [6.45, 7) is 6.41. The molecule has 0 bridgehead atoms. The Labute approximate surface area is 114 Å². The van der Waals surface area contributed by atoms with Gasteiger partial charge in [-0.1, -0.05) is 39.0 Å². The van der Waals surface area contributed by atoms with Gasteiger partial charge in [-0.25, -0.2) is 0 Å². The predicted molar refractivity (Wildman–Crippen MR) is 79.2 cm³/mol. The number of rotatable bonds is 1. The number of hydrogen-bond donors (Lipinski definition) is 2. The van der Waals surface area contributed by atoms with E-state index < -0.39 is 0 Å². The van der Waals surface area contributed by atoms with Gasteiger partial charge in [-0.2, -0.15) is 0 Å². The summed E-state index contributed by atoms with van der Waals surface area (Å²) >= 11 is 0. The number of fused-ring (bicyclic) bond motifs is 1. The third kappa shape index (κ3) is 2.95. The molecule has 0 aliphatic heterocycles. The number of aromatic hydroxyl groups is 1. The highest BCUT2D eigenvalue weighted by Gasteiger charge is 2.22. The van der Waals surface area contributed by atoms with E-state index in [1.807, 2.05) is 18.2 Å². The van der Waals surface area contributed by atoms with E-state index in [9.17, 15) is 5.11 Å². The zero-order valence-electron chi connectivity index (χ0n) is 11.0. The fourth-order valence-corrected chi connectivity index (χ4v) is 1.95. The van der Waals surface area contributed by atoms with E-state index in [2.05, 4.69) is 26.8 Å². The van der Waals surface area contributed by atoms with Crippen molar-refractivity contribution in [2.75, 3.05) is 0 Å². The van der Waals surface area contributed by atoms with Crippen molar-refractivity contribution in [1.29, 1.82) is 0 Å². The monoisotopic (exact) mass is 265 g/mol. The number of phenols is 1. The molecular formula is C15H20ClNO. The van der Waals surface area contributed by atoms with Crippen LogP contribution in [0.15, 0.2) is 36.4 Å². The van der Waals surface area contributed by atoms with Crippen molar-refractivity contribution < 1.29 is 5.11 Å². The number of nitrogens with two attached hydrogens (primary N) is 1. The summed E-state index contributed by atoms with van der Waals surface area (Å²) < 4.78 is 0. The Morgan fingerprint density at radius 2 is 1.56 bits per heavy atom. The average Bonchev–Trinajstić information content (AvgIpc) is 2.26. The van der Waals surface area contributed by atoms with Gasteiger partial charge < -0.3 is 10.8 Å². The van der Waals surface area contributed by atoms with Gasteiger partial charge in [0, 0.05) is 6.04 Å². The first kappa shape index (κ1) is 14.8. The second-order valence-electron chi connectivity index (χ2n) is 5.63. The van der Waals surface area contributed by atoms with Crippen molar-refractivity contribution in [2.24, 2.45) is 11.1 Å². The lowest BCUT2D eigenvalue weighted by atomic mass is 9.82. The van der Waals surface area contributed by atoms with Gasteiger partial charge in [-0.15, -0.1) is 12.4 Å². The van der Waals surface area contributed by atoms with E-state index in [4.69, 9.17) is 5.73 Å². The van der Waals surface area contributed by atoms with Crippen LogP contribution in [0.4, 0.5) is 0 Å². The molecule has 0 saturated heterocycles. The van der Waals surface area contributed by atoms with Crippen molar-refractivity contribution in [3.05, 3.63) is 42.0 Å². The van der Waals surface area contributed by atoms with Crippen LogP contribution in [0.1, 0.15) is 32.4 Å². The van der Waals surface area contributed by atoms with Gasteiger partial charge in [0.1, 0.15) is 5.75 Å². The second kappa shape index (κ2) is 5.17. The highest BCUT2D eigenvalue weighted by Crippen LogP contribution is 2.32. The van der Waals surface area contributed by atoms with Crippen LogP contribution in [-0.2, 0) is 0 Å². The molecule has 2 aromatic rings. The molecule has 2 rings (SSSR count). The molecule has 0 heterocycles. The van der Waals surface area contributed by atoms with E-state index in [1.165, 1.54) is 0 Å². The van der Waals surface area contributed by atoms with E-state index in [0.29, 0.717) is 5.75 Å². The van der Waals surface area contributed by atoms with E-state index in [0.717, 1.165) is 16.3 Å². The quantitative estimate of drug-likeness (QED) is 0.818. The molecule has 0 amide bonds. The molecule has 0 unspecified atom stereocenters. The third-order valence-electron chi connectivity index (χ3n) is 3.14. The van der Waals surface area contributed by atoms with Crippen molar-refractivity contribution in [3.63, 3.8) is 0 Å². The van der Waals surface area contributed by atoms with Crippen LogP contribution in [0.25, 0.3) is 10.8 Å². The molecule has 0 radical (unpaired) electrons. The normalized spacial score (nSPS) is 13.1. The standard InChI is InChI=1S/C15H19NO.ClH/c1-15(2,3)14(16)12-5-4-11-9-13(17)7-6-10(11)8-12;/h4-9,14,17H,16H2,1-3H3;1H/t14-;/m1./s1. The molecule has 98 valence electrons. The van der Waals surface area contributed by atoms with Crippen LogP contribution in [-0.4, -0.2) is 5.11 Å². The number of phenolic OH excluding ortho intramolecular Hbond substituents is 1. The zero-order chi connectivity index (χ0) is 12.6. The Kier molecular flexibility index (Phi) is 4.25. The van der Waals surface area contributed by atoms with Crippen LogP contribution in [0.2, 0.25) is 0 Å². The summed E-state index contributed by atoms with van der Waals surface area (Å²) in [4.78, 5) is 0. The van der Waals surface area contributed by atoms with Crippen LogP contribution in [0.3, 0.4) is 0 Å². The summed E-state index contributed by atoms with van der Waals surface area (Å²) in [6.07, 6.45) is 0. The Morgan fingerprint density at radius 3 is 2.17 bits per heavy atom.